The number of piperidine rings is 1. The number of carbonyl (C=O) groups excluding carboxylic acids is 3. The van der Waals surface area contributed by atoms with Gasteiger partial charge in [-0.1, -0.05) is 0 Å². The molecule has 1 fully saturated rings. The molecule has 2 atom stereocenters. The van der Waals surface area contributed by atoms with Crippen molar-refractivity contribution < 1.29 is 23.9 Å². The molecule has 0 aromatic carbocycles. The Bertz CT molecular complexity index is 648. The quantitative estimate of drug-likeness (QED) is 0.695. The molecule has 2 unspecified atom stereocenters. The Morgan fingerprint density at radius 1 is 1.31 bits per heavy atom. The molecule has 0 saturated carbocycles. The van der Waals surface area contributed by atoms with E-state index in [1.165, 1.54) is 6.08 Å². The van der Waals surface area contributed by atoms with Gasteiger partial charge < -0.3 is 25.0 Å². The summed E-state index contributed by atoms with van der Waals surface area (Å²) in [6, 6.07) is -1.67. The largest absolute Gasteiger partial charge is 0.444 e. The van der Waals surface area contributed by atoms with Gasteiger partial charge in [0.05, 0.1) is 12.6 Å². The van der Waals surface area contributed by atoms with Gasteiger partial charge in [-0.2, -0.15) is 0 Å². The fourth-order valence-electron chi connectivity index (χ4n) is 3.14. The van der Waals surface area contributed by atoms with Crippen LogP contribution in [0.25, 0.3) is 0 Å². The average Bonchev–Trinajstić information content (AvgIpc) is 2.65. The molecule has 0 bridgehead atoms. The van der Waals surface area contributed by atoms with Crippen molar-refractivity contribution in [1.82, 2.24) is 15.5 Å². The van der Waals surface area contributed by atoms with Crippen LogP contribution in [0.2, 0.25) is 0 Å². The molecule has 162 valence electrons. The van der Waals surface area contributed by atoms with Crippen molar-refractivity contribution in [3.05, 3.63) is 12.2 Å². The Hall–Kier alpha value is -2.42. The van der Waals surface area contributed by atoms with Gasteiger partial charge in [-0.25, -0.2) is 9.59 Å². The first-order chi connectivity index (χ1) is 13.7. The van der Waals surface area contributed by atoms with Gasteiger partial charge in [-0.05, 0) is 52.7 Å². The number of rotatable bonds is 6. The lowest BCUT2D eigenvalue weighted by atomic mass is 10.0. The van der Waals surface area contributed by atoms with Gasteiger partial charge in [0.1, 0.15) is 11.6 Å². The standard InChI is InChI=1S/C20H32N4O5/c1-5-28-13-15(17-16(25)7-6-10-21-17)23-18(26)22-14-8-11-24(12-9-14)19(27)29-20(2,3)4/h6-7,10,14-15,17H,5,8-9,11-13H2,1-4H3,(H2,22,23,26). The lowest BCUT2D eigenvalue weighted by molar-refractivity contribution is -0.116. The van der Waals surface area contributed by atoms with Crippen LogP contribution in [0.4, 0.5) is 9.59 Å². The topological polar surface area (TPSA) is 109 Å². The van der Waals surface area contributed by atoms with Crippen LogP contribution in [-0.2, 0) is 14.3 Å². The van der Waals surface area contributed by atoms with Gasteiger partial charge in [-0.15, -0.1) is 0 Å². The smallest absolute Gasteiger partial charge is 0.410 e. The van der Waals surface area contributed by atoms with Crippen LogP contribution in [0.5, 0.6) is 0 Å². The number of hydrogen-bond donors (Lipinski definition) is 2. The van der Waals surface area contributed by atoms with Crippen molar-refractivity contribution in [2.75, 3.05) is 26.3 Å². The maximum atomic E-state index is 12.5. The number of allylic oxidation sites excluding steroid dienone is 1. The van der Waals surface area contributed by atoms with Gasteiger partial charge in [0.25, 0.3) is 0 Å². The summed E-state index contributed by atoms with van der Waals surface area (Å²) in [7, 11) is 0. The summed E-state index contributed by atoms with van der Waals surface area (Å²) in [5.74, 6) is -0.164. The highest BCUT2D eigenvalue weighted by Gasteiger charge is 2.31. The third-order valence-electron chi connectivity index (χ3n) is 4.57. The van der Waals surface area contributed by atoms with Gasteiger partial charge >= 0.3 is 12.1 Å². The Balaban J connectivity index is 1.83. The van der Waals surface area contributed by atoms with Crippen LogP contribution >= 0.6 is 0 Å². The monoisotopic (exact) mass is 408 g/mol. The number of carbonyl (C=O) groups is 3. The highest BCUT2D eigenvalue weighted by molar-refractivity contribution is 6.01. The molecule has 0 aromatic rings. The number of hydrogen-bond acceptors (Lipinski definition) is 6. The summed E-state index contributed by atoms with van der Waals surface area (Å²) in [5.41, 5.74) is -0.532. The maximum Gasteiger partial charge on any atom is 0.410 e. The van der Waals surface area contributed by atoms with Crippen LogP contribution in [0.15, 0.2) is 17.1 Å². The predicted octanol–water partition coefficient (Wildman–Crippen LogP) is 1.67. The molecule has 9 nitrogen and oxygen atoms in total. The van der Waals surface area contributed by atoms with Crippen molar-refractivity contribution >= 4 is 24.1 Å². The molecule has 3 amide bonds. The highest BCUT2D eigenvalue weighted by Crippen LogP contribution is 2.15. The fraction of sp³-hybridized carbons (Fsp3) is 0.700. The minimum absolute atomic E-state index is 0.0631. The summed E-state index contributed by atoms with van der Waals surface area (Å²) in [6.07, 6.45) is 5.51. The van der Waals surface area contributed by atoms with E-state index in [1.807, 2.05) is 27.7 Å². The lowest BCUT2D eigenvalue weighted by Crippen LogP contribution is -2.55. The molecule has 9 heteroatoms. The Kier molecular flexibility index (Phi) is 8.19. The second-order valence-corrected chi connectivity index (χ2v) is 8.13. The Labute approximate surface area is 171 Å². The highest BCUT2D eigenvalue weighted by atomic mass is 16.6. The molecule has 0 spiro atoms. The third-order valence-corrected chi connectivity index (χ3v) is 4.57. The third kappa shape index (κ3) is 7.49. The molecule has 2 N–H and O–H groups in total. The molecule has 2 rings (SSSR count). The van der Waals surface area contributed by atoms with E-state index in [4.69, 9.17) is 9.47 Å². The average molecular weight is 408 g/mol. The molecule has 2 aliphatic heterocycles. The van der Waals surface area contributed by atoms with Gasteiger partial charge in [0.15, 0.2) is 5.78 Å². The number of dihydropyridines is 1. The molecule has 2 aliphatic rings. The van der Waals surface area contributed by atoms with E-state index >= 15 is 0 Å². The Morgan fingerprint density at radius 3 is 2.59 bits per heavy atom. The predicted molar refractivity (Wildman–Crippen MR) is 109 cm³/mol. The summed E-state index contributed by atoms with van der Waals surface area (Å²) in [5, 5.41) is 5.74. The first-order valence-corrected chi connectivity index (χ1v) is 10.1. The molecule has 29 heavy (non-hydrogen) atoms. The second kappa shape index (κ2) is 10.4. The van der Waals surface area contributed by atoms with E-state index in [0.29, 0.717) is 32.5 Å². The number of likely N-dealkylation sites (tertiary alicyclic amines) is 1. The number of nitrogens with one attached hydrogen (secondary N) is 2. The van der Waals surface area contributed by atoms with E-state index in [-0.39, 0.29) is 30.6 Å². The molecule has 0 aliphatic carbocycles. The van der Waals surface area contributed by atoms with Crippen molar-refractivity contribution in [2.24, 2.45) is 4.99 Å². The normalized spacial score (nSPS) is 21.0. The zero-order valence-corrected chi connectivity index (χ0v) is 17.6. The van der Waals surface area contributed by atoms with Crippen LogP contribution < -0.4 is 10.6 Å². The summed E-state index contributed by atoms with van der Waals surface area (Å²) >= 11 is 0. The molecule has 0 aromatic heterocycles. The van der Waals surface area contributed by atoms with Crippen LogP contribution in [0.3, 0.4) is 0 Å². The van der Waals surface area contributed by atoms with E-state index in [1.54, 1.807) is 17.2 Å². The van der Waals surface area contributed by atoms with Crippen molar-refractivity contribution in [3.63, 3.8) is 0 Å². The van der Waals surface area contributed by atoms with Crippen molar-refractivity contribution in [3.8, 4) is 0 Å². The number of amides is 3. The van der Waals surface area contributed by atoms with Crippen LogP contribution in [0.1, 0.15) is 40.5 Å². The van der Waals surface area contributed by atoms with Crippen molar-refractivity contribution in [1.29, 1.82) is 0 Å². The molecule has 1 saturated heterocycles. The summed E-state index contributed by atoms with van der Waals surface area (Å²) in [6.45, 7) is 9.04. The van der Waals surface area contributed by atoms with Gasteiger partial charge in [0.2, 0.25) is 0 Å². The first-order valence-electron chi connectivity index (χ1n) is 10.1. The molecular weight excluding hydrogens is 376 g/mol. The fourth-order valence-corrected chi connectivity index (χ4v) is 3.14. The summed E-state index contributed by atoms with van der Waals surface area (Å²) < 4.78 is 10.8. The second-order valence-electron chi connectivity index (χ2n) is 8.13. The molecule has 0 radical (unpaired) electrons. The number of ether oxygens (including phenoxy) is 2. The SMILES string of the molecule is CCOCC(NC(=O)NC1CCN(C(=O)OC(C)(C)C)CC1)C1N=CC=CC1=O. The number of ketones is 1. The van der Waals surface area contributed by atoms with Gasteiger partial charge in [0, 0.05) is 32.0 Å². The summed E-state index contributed by atoms with van der Waals surface area (Å²) in [4.78, 5) is 42.5. The number of urea groups is 1. The Morgan fingerprint density at radius 2 is 2.00 bits per heavy atom. The molecule has 2 heterocycles. The zero-order chi connectivity index (χ0) is 21.4. The van der Waals surface area contributed by atoms with E-state index in [0.717, 1.165) is 0 Å². The zero-order valence-electron chi connectivity index (χ0n) is 17.6. The van der Waals surface area contributed by atoms with Crippen LogP contribution in [-0.4, -0.2) is 79.1 Å². The van der Waals surface area contributed by atoms with Crippen LogP contribution in [0, 0.1) is 0 Å². The van der Waals surface area contributed by atoms with E-state index in [2.05, 4.69) is 15.6 Å². The first kappa shape index (κ1) is 22.9. The number of aliphatic imine (C=N–C) groups is 1. The van der Waals surface area contributed by atoms with E-state index in [9.17, 15) is 14.4 Å². The lowest BCUT2D eigenvalue weighted by Gasteiger charge is -2.34. The minimum atomic E-state index is -0.689. The minimum Gasteiger partial charge on any atom is -0.444 e. The van der Waals surface area contributed by atoms with E-state index < -0.39 is 17.7 Å². The van der Waals surface area contributed by atoms with Crippen molar-refractivity contribution in [2.45, 2.75) is 64.3 Å². The van der Waals surface area contributed by atoms with Gasteiger partial charge in [-0.3, -0.25) is 9.79 Å². The molecular formula is C20H32N4O5. The maximum absolute atomic E-state index is 12.5. The number of nitrogens with zero attached hydrogens (tertiary/aromatic N) is 2.